The Bertz CT molecular complexity index is 846. The van der Waals surface area contributed by atoms with Crippen LogP contribution in [0.4, 0.5) is 0 Å². The number of carbonyl (C=O) groups excluding carboxylic acids is 2. The predicted molar refractivity (Wildman–Crippen MR) is 119 cm³/mol. The highest BCUT2D eigenvalue weighted by Gasteiger charge is 2.29. The number of nitrogens with zero attached hydrogens (tertiary/aromatic N) is 1. The van der Waals surface area contributed by atoms with Gasteiger partial charge in [-0.15, -0.1) is 0 Å². The predicted octanol–water partition coefficient (Wildman–Crippen LogP) is 4.83. The quantitative estimate of drug-likeness (QED) is 0.672. The maximum absolute atomic E-state index is 13.3. The fraction of sp³-hybridized carbons (Fsp3) is 0.417. The van der Waals surface area contributed by atoms with Gasteiger partial charge in [0, 0.05) is 17.6 Å². The lowest BCUT2D eigenvalue weighted by Crippen LogP contribution is -2.50. The fourth-order valence-corrected chi connectivity index (χ4v) is 3.40. The minimum atomic E-state index is -0.521. The van der Waals surface area contributed by atoms with Crippen molar-refractivity contribution in [3.05, 3.63) is 69.7 Å². The summed E-state index contributed by atoms with van der Waals surface area (Å²) in [6.07, 6.45) is 0.810. The van der Waals surface area contributed by atoms with Gasteiger partial charge in [0.1, 0.15) is 6.04 Å². The summed E-state index contributed by atoms with van der Waals surface area (Å²) in [6, 6.07) is 13.0. The topological polar surface area (TPSA) is 49.4 Å². The van der Waals surface area contributed by atoms with E-state index in [0.29, 0.717) is 18.0 Å². The third-order valence-corrected chi connectivity index (χ3v) is 5.26. The largest absolute Gasteiger partial charge is 0.352 e. The molecule has 0 spiro atoms. The Kier molecular flexibility index (Phi) is 8.27. The number of rotatable bonds is 8. The van der Waals surface area contributed by atoms with Gasteiger partial charge in [-0.3, -0.25) is 9.59 Å². The van der Waals surface area contributed by atoms with Crippen LogP contribution in [0.3, 0.4) is 0 Å². The van der Waals surface area contributed by atoms with E-state index >= 15 is 0 Å². The number of hydrogen-bond acceptors (Lipinski definition) is 2. The second kappa shape index (κ2) is 10.4. The summed E-state index contributed by atoms with van der Waals surface area (Å²) in [6.45, 7) is 10.2. The van der Waals surface area contributed by atoms with Gasteiger partial charge in [-0.05, 0) is 68.5 Å². The molecule has 4 nitrogen and oxygen atoms in total. The second-order valence-electron chi connectivity index (χ2n) is 7.83. The van der Waals surface area contributed by atoms with Gasteiger partial charge in [-0.1, -0.05) is 48.9 Å². The third-order valence-electron chi connectivity index (χ3n) is 5.01. The van der Waals surface area contributed by atoms with Crippen molar-refractivity contribution in [2.24, 2.45) is 0 Å². The highest BCUT2D eigenvalue weighted by Crippen LogP contribution is 2.18. The molecule has 0 heterocycles. The maximum Gasteiger partial charge on any atom is 0.243 e. The highest BCUT2D eigenvalue weighted by molar-refractivity contribution is 6.30. The van der Waals surface area contributed by atoms with Crippen LogP contribution in [0.1, 0.15) is 49.4 Å². The van der Waals surface area contributed by atoms with Gasteiger partial charge < -0.3 is 10.2 Å². The summed E-state index contributed by atoms with van der Waals surface area (Å²) in [5, 5.41) is 3.60. The summed E-state index contributed by atoms with van der Waals surface area (Å²) < 4.78 is 0. The molecule has 0 aliphatic rings. The van der Waals surface area contributed by atoms with Crippen LogP contribution >= 0.6 is 11.6 Å². The first-order valence-corrected chi connectivity index (χ1v) is 10.5. The van der Waals surface area contributed by atoms with Crippen LogP contribution in [0.25, 0.3) is 0 Å². The molecule has 5 heteroatoms. The van der Waals surface area contributed by atoms with Crippen molar-refractivity contribution in [1.29, 1.82) is 0 Å². The van der Waals surface area contributed by atoms with Crippen LogP contribution in [0.2, 0.25) is 5.02 Å². The van der Waals surface area contributed by atoms with Crippen LogP contribution in [0, 0.1) is 13.8 Å². The fourth-order valence-electron chi connectivity index (χ4n) is 3.28. The van der Waals surface area contributed by atoms with Crippen LogP contribution in [-0.2, 0) is 22.6 Å². The van der Waals surface area contributed by atoms with Gasteiger partial charge in [0.2, 0.25) is 11.8 Å². The SMILES string of the molecule is CCC(C(=O)NC(C)C)N(Cc1ccc(Cl)cc1)C(=O)Cc1ccc(C)c(C)c1. The number of halogens is 1. The molecule has 2 amide bonds. The Hall–Kier alpha value is -2.33. The van der Waals surface area contributed by atoms with E-state index in [1.807, 2.05) is 58.0 Å². The average molecular weight is 415 g/mol. The van der Waals surface area contributed by atoms with Crippen molar-refractivity contribution >= 4 is 23.4 Å². The molecule has 1 unspecified atom stereocenters. The molecule has 0 saturated heterocycles. The summed E-state index contributed by atoms with van der Waals surface area (Å²) in [5.41, 5.74) is 4.25. The number of amides is 2. The van der Waals surface area contributed by atoms with Gasteiger partial charge in [0.05, 0.1) is 6.42 Å². The molecule has 29 heavy (non-hydrogen) atoms. The van der Waals surface area contributed by atoms with Crippen molar-refractivity contribution in [1.82, 2.24) is 10.2 Å². The van der Waals surface area contributed by atoms with E-state index in [9.17, 15) is 9.59 Å². The van der Waals surface area contributed by atoms with Gasteiger partial charge in [-0.25, -0.2) is 0 Å². The minimum absolute atomic E-state index is 0.0174. The smallest absolute Gasteiger partial charge is 0.243 e. The lowest BCUT2D eigenvalue weighted by molar-refractivity contribution is -0.141. The van der Waals surface area contributed by atoms with Crippen LogP contribution in [0.15, 0.2) is 42.5 Å². The van der Waals surface area contributed by atoms with E-state index in [0.717, 1.165) is 16.7 Å². The molecule has 1 atom stereocenters. The Morgan fingerprint density at radius 2 is 1.62 bits per heavy atom. The molecular formula is C24H31ClN2O2. The maximum atomic E-state index is 13.3. The lowest BCUT2D eigenvalue weighted by Gasteiger charge is -2.31. The molecule has 2 aromatic carbocycles. The van der Waals surface area contributed by atoms with Gasteiger partial charge in [-0.2, -0.15) is 0 Å². The third kappa shape index (κ3) is 6.60. The number of carbonyl (C=O) groups is 2. The minimum Gasteiger partial charge on any atom is -0.352 e. The van der Waals surface area contributed by atoms with E-state index in [2.05, 4.69) is 12.2 Å². The molecule has 156 valence electrons. The van der Waals surface area contributed by atoms with Crippen molar-refractivity contribution in [2.75, 3.05) is 0 Å². The van der Waals surface area contributed by atoms with E-state index < -0.39 is 6.04 Å². The molecule has 0 radical (unpaired) electrons. The van der Waals surface area contributed by atoms with E-state index in [-0.39, 0.29) is 24.3 Å². The van der Waals surface area contributed by atoms with E-state index in [4.69, 9.17) is 11.6 Å². The highest BCUT2D eigenvalue weighted by atomic mass is 35.5. The van der Waals surface area contributed by atoms with E-state index in [1.165, 1.54) is 5.56 Å². The van der Waals surface area contributed by atoms with Crippen molar-refractivity contribution in [3.63, 3.8) is 0 Å². The molecule has 0 aliphatic heterocycles. The normalized spacial score (nSPS) is 12.0. The summed E-state index contributed by atoms with van der Waals surface area (Å²) in [7, 11) is 0. The molecule has 1 N–H and O–H groups in total. The zero-order chi connectivity index (χ0) is 21.6. The van der Waals surface area contributed by atoms with Crippen LogP contribution in [0.5, 0.6) is 0 Å². The van der Waals surface area contributed by atoms with Crippen molar-refractivity contribution < 1.29 is 9.59 Å². The molecule has 0 bridgehead atoms. The summed E-state index contributed by atoms with van der Waals surface area (Å²) in [4.78, 5) is 27.8. The van der Waals surface area contributed by atoms with Gasteiger partial charge in [0.25, 0.3) is 0 Å². The molecule has 0 aromatic heterocycles. The second-order valence-corrected chi connectivity index (χ2v) is 8.27. The molecule has 2 aromatic rings. The first-order chi connectivity index (χ1) is 13.7. The molecule has 0 fully saturated rings. The van der Waals surface area contributed by atoms with Crippen LogP contribution in [-0.4, -0.2) is 28.8 Å². The number of aryl methyl sites for hydroxylation is 2. The Morgan fingerprint density at radius 1 is 1.00 bits per heavy atom. The average Bonchev–Trinajstić information content (AvgIpc) is 2.65. The zero-order valence-corrected chi connectivity index (χ0v) is 18.7. The molecule has 0 aliphatic carbocycles. The molecule has 0 saturated carbocycles. The molecular weight excluding hydrogens is 384 g/mol. The molecule has 2 rings (SSSR count). The van der Waals surface area contributed by atoms with Gasteiger partial charge in [0.15, 0.2) is 0 Å². The zero-order valence-electron chi connectivity index (χ0n) is 18.0. The number of benzene rings is 2. The Morgan fingerprint density at radius 3 is 2.17 bits per heavy atom. The Balaban J connectivity index is 2.30. The van der Waals surface area contributed by atoms with Crippen LogP contribution < -0.4 is 5.32 Å². The van der Waals surface area contributed by atoms with Gasteiger partial charge >= 0.3 is 0 Å². The first kappa shape index (κ1) is 23.0. The van der Waals surface area contributed by atoms with E-state index in [1.54, 1.807) is 17.0 Å². The number of hydrogen-bond donors (Lipinski definition) is 1. The monoisotopic (exact) mass is 414 g/mol. The summed E-state index contributed by atoms with van der Waals surface area (Å²) in [5.74, 6) is -0.182. The van der Waals surface area contributed by atoms with Crippen molar-refractivity contribution in [3.8, 4) is 0 Å². The Labute approximate surface area is 179 Å². The standard InChI is InChI=1S/C24H31ClN2O2/c1-6-22(24(29)26-16(2)3)27(15-19-9-11-21(25)12-10-19)23(28)14-20-8-7-17(4)18(5)13-20/h7-13,16,22H,6,14-15H2,1-5H3,(H,26,29). The summed E-state index contributed by atoms with van der Waals surface area (Å²) >= 11 is 6.00. The first-order valence-electron chi connectivity index (χ1n) is 10.1. The van der Waals surface area contributed by atoms with Crippen molar-refractivity contribution in [2.45, 2.75) is 66.1 Å². The number of nitrogens with one attached hydrogen (secondary N) is 1. The lowest BCUT2D eigenvalue weighted by atomic mass is 10.0.